The van der Waals surface area contributed by atoms with Crippen LogP contribution in [0.1, 0.15) is 32.1 Å². The second kappa shape index (κ2) is 3.05. The Morgan fingerprint density at radius 1 is 0.900 bits per heavy atom. The van der Waals surface area contributed by atoms with Crippen molar-refractivity contribution in [2.45, 2.75) is 32.1 Å². The number of hydrogen-bond donors (Lipinski definition) is 0. The van der Waals surface area contributed by atoms with Crippen LogP contribution in [0.2, 0.25) is 0 Å². The molecule has 0 radical (unpaired) electrons. The Hall–Kier alpha value is -0.520. The molecule has 0 bridgehead atoms. The molecule has 0 nitrogen and oxygen atoms in total. The monoisotopic (exact) mass is 136 g/mol. The molecule has 0 aromatic heterocycles. The van der Waals surface area contributed by atoms with E-state index in [-0.39, 0.29) is 5.41 Å². The van der Waals surface area contributed by atoms with E-state index in [1.807, 2.05) is 0 Å². The van der Waals surface area contributed by atoms with Gasteiger partial charge in [0.2, 0.25) is 0 Å². The van der Waals surface area contributed by atoms with Gasteiger partial charge in [-0.25, -0.2) is 0 Å². The van der Waals surface area contributed by atoms with Gasteiger partial charge in [-0.3, -0.25) is 0 Å². The summed E-state index contributed by atoms with van der Waals surface area (Å²) >= 11 is 0. The number of allylic oxidation sites excluding steroid dienone is 2. The molecule has 1 aliphatic carbocycles. The molecular weight excluding hydrogens is 120 g/mol. The van der Waals surface area contributed by atoms with Crippen molar-refractivity contribution in [3.63, 3.8) is 0 Å². The van der Waals surface area contributed by atoms with Gasteiger partial charge in [-0.1, -0.05) is 31.4 Å². The van der Waals surface area contributed by atoms with Gasteiger partial charge in [0.1, 0.15) is 0 Å². The first-order valence-electron chi connectivity index (χ1n) is 4.10. The molecule has 0 heterocycles. The molecule has 1 fully saturated rings. The van der Waals surface area contributed by atoms with Crippen LogP contribution < -0.4 is 0 Å². The van der Waals surface area contributed by atoms with Gasteiger partial charge < -0.3 is 0 Å². The molecule has 0 unspecified atom stereocenters. The van der Waals surface area contributed by atoms with Gasteiger partial charge in [0, 0.05) is 5.41 Å². The van der Waals surface area contributed by atoms with Gasteiger partial charge >= 0.3 is 0 Å². The van der Waals surface area contributed by atoms with Crippen LogP contribution in [-0.2, 0) is 0 Å². The number of hydrogen-bond acceptors (Lipinski definition) is 0. The van der Waals surface area contributed by atoms with Gasteiger partial charge in [-0.15, -0.1) is 13.2 Å². The zero-order chi connectivity index (χ0) is 7.45. The maximum atomic E-state index is 3.86. The smallest absolute Gasteiger partial charge is 0.00556 e. The summed E-state index contributed by atoms with van der Waals surface area (Å²) in [7, 11) is 0. The maximum Gasteiger partial charge on any atom is 0.00556 e. The van der Waals surface area contributed by atoms with Crippen molar-refractivity contribution in [2.75, 3.05) is 0 Å². The molecular formula is C10H16. The Balaban J connectivity index is 2.60. The van der Waals surface area contributed by atoms with Crippen LogP contribution in [0.4, 0.5) is 0 Å². The third kappa shape index (κ3) is 1.31. The summed E-state index contributed by atoms with van der Waals surface area (Å²) < 4.78 is 0. The summed E-state index contributed by atoms with van der Waals surface area (Å²) in [5.41, 5.74) is 0.290. The van der Waals surface area contributed by atoms with Crippen molar-refractivity contribution in [3.05, 3.63) is 25.3 Å². The summed E-state index contributed by atoms with van der Waals surface area (Å²) in [5, 5.41) is 0. The van der Waals surface area contributed by atoms with Crippen LogP contribution in [0.3, 0.4) is 0 Å². The molecule has 0 amide bonds. The van der Waals surface area contributed by atoms with Gasteiger partial charge in [-0.2, -0.15) is 0 Å². The third-order valence-electron chi connectivity index (χ3n) is 2.60. The van der Waals surface area contributed by atoms with Crippen molar-refractivity contribution in [2.24, 2.45) is 5.41 Å². The largest absolute Gasteiger partial charge is 0.102 e. The minimum Gasteiger partial charge on any atom is -0.102 e. The molecule has 0 spiro atoms. The van der Waals surface area contributed by atoms with Crippen LogP contribution in [-0.4, -0.2) is 0 Å². The van der Waals surface area contributed by atoms with Crippen molar-refractivity contribution < 1.29 is 0 Å². The SMILES string of the molecule is C=CC1(C=C)CCCCC1. The van der Waals surface area contributed by atoms with Crippen LogP contribution in [0, 0.1) is 5.41 Å². The summed E-state index contributed by atoms with van der Waals surface area (Å²) in [6.45, 7) is 7.71. The second-order valence-electron chi connectivity index (χ2n) is 3.20. The average molecular weight is 136 g/mol. The predicted octanol–water partition coefficient (Wildman–Crippen LogP) is 3.31. The van der Waals surface area contributed by atoms with E-state index >= 15 is 0 Å². The Labute approximate surface area is 63.6 Å². The molecule has 1 saturated carbocycles. The molecule has 1 rings (SSSR count). The molecule has 0 atom stereocenters. The first-order valence-corrected chi connectivity index (χ1v) is 4.10. The summed E-state index contributed by atoms with van der Waals surface area (Å²) in [5.74, 6) is 0. The van der Waals surface area contributed by atoms with Gasteiger partial charge in [0.25, 0.3) is 0 Å². The standard InChI is InChI=1S/C10H16/c1-3-10(4-2)8-6-5-7-9-10/h3-4H,1-2,5-9H2. The van der Waals surface area contributed by atoms with E-state index in [0.717, 1.165) is 0 Å². The van der Waals surface area contributed by atoms with E-state index in [9.17, 15) is 0 Å². The molecule has 56 valence electrons. The van der Waals surface area contributed by atoms with Crippen molar-refractivity contribution >= 4 is 0 Å². The fraction of sp³-hybridized carbons (Fsp3) is 0.600. The Morgan fingerprint density at radius 3 is 1.70 bits per heavy atom. The Kier molecular flexibility index (Phi) is 2.31. The number of rotatable bonds is 2. The van der Waals surface area contributed by atoms with E-state index < -0.39 is 0 Å². The van der Waals surface area contributed by atoms with E-state index in [2.05, 4.69) is 25.3 Å². The highest BCUT2D eigenvalue weighted by Crippen LogP contribution is 2.37. The predicted molar refractivity (Wildman–Crippen MR) is 45.9 cm³/mol. The molecule has 0 saturated heterocycles. The molecule has 1 aliphatic rings. The maximum absolute atomic E-state index is 3.86. The van der Waals surface area contributed by atoms with Crippen molar-refractivity contribution in [3.8, 4) is 0 Å². The quantitative estimate of drug-likeness (QED) is 0.511. The Bertz CT molecular complexity index is 117. The van der Waals surface area contributed by atoms with Gasteiger partial charge in [-0.05, 0) is 12.8 Å². The first kappa shape index (κ1) is 7.59. The van der Waals surface area contributed by atoms with Crippen LogP contribution >= 0.6 is 0 Å². The molecule has 0 aromatic rings. The fourth-order valence-electron chi connectivity index (χ4n) is 1.70. The third-order valence-corrected chi connectivity index (χ3v) is 2.60. The van der Waals surface area contributed by atoms with Crippen LogP contribution in [0.15, 0.2) is 25.3 Å². The molecule has 0 heteroatoms. The molecule has 0 aliphatic heterocycles. The highest BCUT2D eigenvalue weighted by atomic mass is 14.3. The lowest BCUT2D eigenvalue weighted by Gasteiger charge is -2.30. The van der Waals surface area contributed by atoms with Crippen LogP contribution in [0.5, 0.6) is 0 Å². The Morgan fingerprint density at radius 2 is 1.40 bits per heavy atom. The van der Waals surface area contributed by atoms with E-state index in [0.29, 0.717) is 0 Å². The topological polar surface area (TPSA) is 0 Å². The fourth-order valence-corrected chi connectivity index (χ4v) is 1.70. The van der Waals surface area contributed by atoms with E-state index in [1.54, 1.807) is 0 Å². The molecule has 0 N–H and O–H groups in total. The lowest BCUT2D eigenvalue weighted by molar-refractivity contribution is 0.327. The summed E-state index contributed by atoms with van der Waals surface area (Å²) in [6.07, 6.45) is 10.7. The van der Waals surface area contributed by atoms with Gasteiger partial charge in [0.15, 0.2) is 0 Å². The second-order valence-corrected chi connectivity index (χ2v) is 3.20. The average Bonchev–Trinajstić information content (AvgIpc) is 2.06. The normalized spacial score (nSPS) is 23.6. The van der Waals surface area contributed by atoms with E-state index in [4.69, 9.17) is 0 Å². The van der Waals surface area contributed by atoms with Crippen LogP contribution in [0.25, 0.3) is 0 Å². The molecule has 10 heavy (non-hydrogen) atoms. The molecule has 0 aromatic carbocycles. The lowest BCUT2D eigenvalue weighted by atomic mass is 9.74. The first-order chi connectivity index (χ1) is 4.83. The summed E-state index contributed by atoms with van der Waals surface area (Å²) in [4.78, 5) is 0. The highest BCUT2D eigenvalue weighted by molar-refractivity contribution is 5.07. The van der Waals surface area contributed by atoms with E-state index in [1.165, 1.54) is 32.1 Å². The highest BCUT2D eigenvalue weighted by Gasteiger charge is 2.24. The lowest BCUT2D eigenvalue weighted by Crippen LogP contribution is -2.17. The summed E-state index contributed by atoms with van der Waals surface area (Å²) in [6, 6.07) is 0. The van der Waals surface area contributed by atoms with Gasteiger partial charge in [0.05, 0.1) is 0 Å². The minimum atomic E-state index is 0.290. The minimum absolute atomic E-state index is 0.290. The zero-order valence-corrected chi connectivity index (χ0v) is 6.60. The zero-order valence-electron chi connectivity index (χ0n) is 6.60. The van der Waals surface area contributed by atoms with Crippen molar-refractivity contribution in [1.82, 2.24) is 0 Å². The van der Waals surface area contributed by atoms with Crippen molar-refractivity contribution in [1.29, 1.82) is 0 Å².